The molecule has 2 aromatic carbocycles. The molecule has 3 atom stereocenters. The Hall–Kier alpha value is -3.14. The number of piperazine rings is 1. The monoisotopic (exact) mass is 417 g/mol. The minimum atomic E-state index is -0.253. The van der Waals surface area contributed by atoms with Crippen molar-refractivity contribution in [2.24, 2.45) is 0 Å². The van der Waals surface area contributed by atoms with E-state index in [9.17, 15) is 14.7 Å². The smallest absolute Gasteiger partial charge is 0.254 e. The van der Waals surface area contributed by atoms with Gasteiger partial charge in [0.2, 0.25) is 5.91 Å². The van der Waals surface area contributed by atoms with Crippen molar-refractivity contribution in [2.45, 2.75) is 18.0 Å². The normalized spacial score (nSPS) is 22.5. The fourth-order valence-electron chi connectivity index (χ4n) is 4.51. The van der Waals surface area contributed by atoms with Crippen LogP contribution in [0, 0.1) is 11.8 Å². The molecule has 0 saturated carbocycles. The molecule has 2 heterocycles. The van der Waals surface area contributed by atoms with Gasteiger partial charge in [-0.1, -0.05) is 42.2 Å². The van der Waals surface area contributed by atoms with E-state index in [1.807, 2.05) is 61.5 Å². The Labute approximate surface area is 183 Å². The van der Waals surface area contributed by atoms with E-state index < -0.39 is 0 Å². The predicted molar refractivity (Wildman–Crippen MR) is 118 cm³/mol. The Morgan fingerprint density at radius 1 is 1.13 bits per heavy atom. The highest BCUT2D eigenvalue weighted by molar-refractivity contribution is 5.97. The third kappa shape index (κ3) is 4.20. The molecule has 2 saturated heterocycles. The van der Waals surface area contributed by atoms with Crippen molar-refractivity contribution in [1.82, 2.24) is 14.7 Å². The highest BCUT2D eigenvalue weighted by Crippen LogP contribution is 2.43. The third-order valence-corrected chi connectivity index (χ3v) is 5.98. The molecule has 1 N–H and O–H groups in total. The van der Waals surface area contributed by atoms with E-state index in [2.05, 4.69) is 11.8 Å². The number of fused-ring (bicyclic) bond motifs is 1. The summed E-state index contributed by atoms with van der Waals surface area (Å²) in [4.78, 5) is 31.1. The zero-order chi connectivity index (χ0) is 22.0. The number of benzene rings is 2. The lowest BCUT2D eigenvalue weighted by Gasteiger charge is -2.58. The zero-order valence-electron chi connectivity index (χ0n) is 17.9. The second kappa shape index (κ2) is 8.93. The van der Waals surface area contributed by atoms with E-state index in [0.29, 0.717) is 18.7 Å². The van der Waals surface area contributed by atoms with E-state index in [1.54, 1.807) is 21.9 Å². The van der Waals surface area contributed by atoms with Gasteiger partial charge in [0.25, 0.3) is 5.91 Å². The maximum Gasteiger partial charge on any atom is 0.254 e. The van der Waals surface area contributed by atoms with Gasteiger partial charge >= 0.3 is 0 Å². The van der Waals surface area contributed by atoms with Crippen LogP contribution in [0.4, 0.5) is 0 Å². The molecule has 6 nitrogen and oxygen atoms in total. The minimum absolute atomic E-state index is 0.0101. The van der Waals surface area contributed by atoms with Crippen LogP contribution in [0.1, 0.15) is 27.4 Å². The molecule has 0 aromatic heterocycles. The molecule has 4 rings (SSSR count). The summed E-state index contributed by atoms with van der Waals surface area (Å²) >= 11 is 0. The maximum atomic E-state index is 12.9. The van der Waals surface area contributed by atoms with Crippen LogP contribution < -0.4 is 0 Å². The standard InChI is InChI=1S/C25H27N3O3/c1-26(2)14-6-7-18-10-12-19(13-11-18)24-21-15-27(16-23(30)28(21)22(24)17-29)25(31)20-8-4-3-5-9-20/h3-5,8-13,21-22,24,29H,14-17H2,1-2H3/t21-,22+,24+/m0/s1. The Kier molecular flexibility index (Phi) is 6.08. The van der Waals surface area contributed by atoms with Crippen LogP contribution in [-0.2, 0) is 4.79 Å². The van der Waals surface area contributed by atoms with Crippen LogP contribution in [0.2, 0.25) is 0 Å². The summed E-state index contributed by atoms with van der Waals surface area (Å²) in [5.74, 6) is 6.02. The quantitative estimate of drug-likeness (QED) is 0.765. The molecule has 0 spiro atoms. The van der Waals surface area contributed by atoms with Gasteiger partial charge in [0.1, 0.15) is 6.54 Å². The summed E-state index contributed by atoms with van der Waals surface area (Å²) < 4.78 is 0. The summed E-state index contributed by atoms with van der Waals surface area (Å²) in [5, 5.41) is 9.95. The Balaban J connectivity index is 1.52. The lowest BCUT2D eigenvalue weighted by atomic mass is 9.73. The van der Waals surface area contributed by atoms with Crippen molar-refractivity contribution in [3.63, 3.8) is 0 Å². The van der Waals surface area contributed by atoms with Gasteiger partial charge in [-0.25, -0.2) is 0 Å². The van der Waals surface area contributed by atoms with Gasteiger partial charge in [-0.15, -0.1) is 0 Å². The molecule has 6 heteroatoms. The molecule has 2 fully saturated rings. The molecule has 2 amide bonds. The van der Waals surface area contributed by atoms with Gasteiger partial charge in [0, 0.05) is 23.6 Å². The second-order valence-electron chi connectivity index (χ2n) is 8.36. The minimum Gasteiger partial charge on any atom is -0.394 e. The van der Waals surface area contributed by atoms with Crippen LogP contribution in [0.25, 0.3) is 0 Å². The van der Waals surface area contributed by atoms with Gasteiger partial charge in [-0.05, 0) is 43.9 Å². The summed E-state index contributed by atoms with van der Waals surface area (Å²) in [5.41, 5.74) is 2.57. The van der Waals surface area contributed by atoms with Crippen LogP contribution in [0.5, 0.6) is 0 Å². The average Bonchev–Trinajstić information content (AvgIpc) is 2.76. The molecule has 2 aromatic rings. The summed E-state index contributed by atoms with van der Waals surface area (Å²) in [7, 11) is 3.96. The SMILES string of the molecule is CN(C)CC#Cc1ccc([C@H]2[C@@H](CO)N3C(=O)CN(C(=O)c4ccccc4)C[C@@H]23)cc1. The van der Waals surface area contributed by atoms with Crippen LogP contribution >= 0.6 is 0 Å². The number of aliphatic hydroxyl groups is 1. The molecule has 2 aliphatic heterocycles. The molecule has 0 unspecified atom stereocenters. The molecule has 0 aliphatic carbocycles. The van der Waals surface area contributed by atoms with E-state index in [0.717, 1.165) is 11.1 Å². The highest BCUT2D eigenvalue weighted by atomic mass is 16.3. The number of carbonyl (C=O) groups is 2. The lowest BCUT2D eigenvalue weighted by molar-refractivity contribution is -0.159. The van der Waals surface area contributed by atoms with Crippen LogP contribution in [0.3, 0.4) is 0 Å². The molecule has 2 aliphatic rings. The van der Waals surface area contributed by atoms with Crippen molar-refractivity contribution in [1.29, 1.82) is 0 Å². The summed E-state index contributed by atoms with van der Waals surface area (Å²) in [6, 6.07) is 16.7. The largest absolute Gasteiger partial charge is 0.394 e. The highest BCUT2D eigenvalue weighted by Gasteiger charge is 2.54. The van der Waals surface area contributed by atoms with Gasteiger partial charge < -0.3 is 14.9 Å². The Bertz CT molecular complexity index is 1010. The van der Waals surface area contributed by atoms with Crippen molar-refractivity contribution >= 4 is 11.8 Å². The van der Waals surface area contributed by atoms with Gasteiger partial charge in [0.15, 0.2) is 0 Å². The maximum absolute atomic E-state index is 12.9. The first-order valence-electron chi connectivity index (χ1n) is 10.5. The Morgan fingerprint density at radius 3 is 2.48 bits per heavy atom. The van der Waals surface area contributed by atoms with Crippen LogP contribution in [-0.4, -0.2) is 84.0 Å². The van der Waals surface area contributed by atoms with Gasteiger partial charge in [-0.2, -0.15) is 0 Å². The number of rotatable bonds is 4. The van der Waals surface area contributed by atoms with E-state index in [1.165, 1.54) is 0 Å². The van der Waals surface area contributed by atoms with Crippen molar-refractivity contribution in [3.8, 4) is 11.8 Å². The third-order valence-electron chi connectivity index (χ3n) is 5.98. The van der Waals surface area contributed by atoms with E-state index in [-0.39, 0.29) is 43.0 Å². The van der Waals surface area contributed by atoms with Crippen molar-refractivity contribution < 1.29 is 14.7 Å². The average molecular weight is 418 g/mol. The zero-order valence-corrected chi connectivity index (χ0v) is 17.9. The van der Waals surface area contributed by atoms with Crippen molar-refractivity contribution in [2.75, 3.05) is 40.3 Å². The topological polar surface area (TPSA) is 64.1 Å². The lowest BCUT2D eigenvalue weighted by Crippen LogP contribution is -2.73. The van der Waals surface area contributed by atoms with Crippen molar-refractivity contribution in [3.05, 3.63) is 71.3 Å². The first-order chi connectivity index (χ1) is 15.0. The molecule has 31 heavy (non-hydrogen) atoms. The first-order valence-corrected chi connectivity index (χ1v) is 10.5. The first kappa shape index (κ1) is 21.1. The van der Waals surface area contributed by atoms with Gasteiger partial charge in [0.05, 0.1) is 25.2 Å². The predicted octanol–water partition coefficient (Wildman–Crippen LogP) is 1.41. The molecule has 0 radical (unpaired) electrons. The molecular formula is C25H27N3O3. The van der Waals surface area contributed by atoms with E-state index >= 15 is 0 Å². The second-order valence-corrected chi connectivity index (χ2v) is 8.36. The molecule has 160 valence electrons. The molecular weight excluding hydrogens is 390 g/mol. The summed E-state index contributed by atoms with van der Waals surface area (Å²) in [6.45, 7) is 1.12. The number of amides is 2. The fraction of sp³-hybridized carbons (Fsp3) is 0.360. The van der Waals surface area contributed by atoms with Gasteiger partial charge in [-0.3, -0.25) is 14.5 Å². The Morgan fingerprint density at radius 2 is 1.84 bits per heavy atom. The van der Waals surface area contributed by atoms with Crippen LogP contribution in [0.15, 0.2) is 54.6 Å². The van der Waals surface area contributed by atoms with E-state index in [4.69, 9.17) is 0 Å². The summed E-state index contributed by atoms with van der Waals surface area (Å²) in [6.07, 6.45) is 0. The molecule has 0 bridgehead atoms. The number of hydrogen-bond donors (Lipinski definition) is 1. The number of aliphatic hydroxyl groups excluding tert-OH is 1. The number of carbonyl (C=O) groups excluding carboxylic acids is 2. The number of nitrogens with zero attached hydrogens (tertiary/aromatic N) is 3. The fourth-order valence-corrected chi connectivity index (χ4v) is 4.51. The number of hydrogen-bond acceptors (Lipinski definition) is 4.